The number of hydrogen-bond donors (Lipinski definition) is 1. The molecule has 4 rings (SSSR count). The van der Waals surface area contributed by atoms with E-state index in [1.165, 1.54) is 0 Å². The van der Waals surface area contributed by atoms with Gasteiger partial charge in [-0.2, -0.15) is 0 Å². The van der Waals surface area contributed by atoms with E-state index in [0.717, 1.165) is 41.4 Å². The molecule has 2 aromatic rings. The number of H-pyrrole nitrogens is 1. The highest BCUT2D eigenvalue weighted by Crippen LogP contribution is 2.35. The van der Waals surface area contributed by atoms with Gasteiger partial charge in [-0.1, -0.05) is 18.2 Å². The summed E-state index contributed by atoms with van der Waals surface area (Å²) in [5.41, 5.74) is 3.30. The molecule has 1 aromatic heterocycles. The van der Waals surface area contributed by atoms with Gasteiger partial charge in [0.05, 0.1) is 17.9 Å². The minimum atomic E-state index is -0.388. The number of carbonyl (C=O) groups excluding carboxylic acids is 2. The Kier molecular flexibility index (Phi) is 3.63. The molecule has 1 aliphatic carbocycles. The smallest absolute Gasteiger partial charge is 0.341 e. The lowest BCUT2D eigenvalue weighted by atomic mass is 10.0. The standard InChI is InChI=1S/C19H20N2O3/c1-2-24-19(23)15-11-21(18(22)12-7-8-12)10-9-14-13-5-3-4-6-16(13)20-17(14)15/h3-6,11-12,20H,2,7-10H2,1H3. The summed E-state index contributed by atoms with van der Waals surface area (Å²) in [5.74, 6) is -0.148. The Morgan fingerprint density at radius 3 is 2.83 bits per heavy atom. The Hall–Kier alpha value is -2.56. The van der Waals surface area contributed by atoms with Crippen molar-refractivity contribution in [2.45, 2.75) is 26.2 Å². The SMILES string of the molecule is CCOC(=O)C1=CN(C(=O)C2CC2)CCc2c1[nH]c1ccccc21. The fraction of sp³-hybridized carbons (Fsp3) is 0.368. The Labute approximate surface area is 140 Å². The monoisotopic (exact) mass is 324 g/mol. The van der Waals surface area contributed by atoms with Crippen LogP contribution in [0.5, 0.6) is 0 Å². The third-order valence-electron chi connectivity index (χ3n) is 4.68. The van der Waals surface area contributed by atoms with E-state index in [-0.39, 0.29) is 17.8 Å². The van der Waals surface area contributed by atoms with E-state index in [0.29, 0.717) is 18.7 Å². The van der Waals surface area contributed by atoms with Crippen LogP contribution in [0, 0.1) is 5.92 Å². The molecule has 1 aliphatic heterocycles. The van der Waals surface area contributed by atoms with Crippen LogP contribution in [0.2, 0.25) is 0 Å². The number of carbonyl (C=O) groups is 2. The molecule has 2 aliphatic rings. The summed E-state index contributed by atoms with van der Waals surface area (Å²) >= 11 is 0. The molecule has 2 heterocycles. The fourth-order valence-electron chi connectivity index (χ4n) is 3.31. The first-order chi connectivity index (χ1) is 11.7. The first kappa shape index (κ1) is 15.0. The second-order valence-electron chi connectivity index (χ2n) is 6.34. The maximum absolute atomic E-state index is 12.5. The highest BCUT2D eigenvalue weighted by molar-refractivity contribution is 6.18. The normalized spacial score (nSPS) is 17.2. The summed E-state index contributed by atoms with van der Waals surface area (Å²) in [6.07, 6.45) is 4.30. The van der Waals surface area contributed by atoms with E-state index in [2.05, 4.69) is 4.98 Å². The molecule has 1 fully saturated rings. The number of hydrogen-bond acceptors (Lipinski definition) is 3. The summed E-state index contributed by atoms with van der Waals surface area (Å²) in [5, 5.41) is 1.10. The summed E-state index contributed by atoms with van der Waals surface area (Å²) in [6.45, 7) is 2.68. The Morgan fingerprint density at radius 2 is 2.08 bits per heavy atom. The number of esters is 1. The third-order valence-corrected chi connectivity index (χ3v) is 4.68. The summed E-state index contributed by atoms with van der Waals surface area (Å²) in [4.78, 5) is 30.0. The Balaban J connectivity index is 1.81. The molecule has 0 bridgehead atoms. The number of nitrogens with one attached hydrogen (secondary N) is 1. The number of ether oxygens (including phenoxy) is 1. The van der Waals surface area contributed by atoms with Crippen molar-refractivity contribution < 1.29 is 14.3 Å². The fourth-order valence-corrected chi connectivity index (χ4v) is 3.31. The van der Waals surface area contributed by atoms with E-state index in [1.807, 2.05) is 24.3 Å². The van der Waals surface area contributed by atoms with E-state index < -0.39 is 0 Å². The first-order valence-corrected chi connectivity index (χ1v) is 8.48. The van der Waals surface area contributed by atoms with Crippen LogP contribution in [-0.4, -0.2) is 34.9 Å². The molecule has 1 aromatic carbocycles. The average Bonchev–Trinajstić information content (AvgIpc) is 3.39. The molecule has 1 saturated carbocycles. The molecule has 0 unspecified atom stereocenters. The summed E-state index contributed by atoms with van der Waals surface area (Å²) in [6, 6.07) is 8.00. The van der Waals surface area contributed by atoms with Crippen molar-refractivity contribution in [1.29, 1.82) is 0 Å². The van der Waals surface area contributed by atoms with Gasteiger partial charge in [-0.25, -0.2) is 4.79 Å². The third kappa shape index (κ3) is 2.50. The molecule has 24 heavy (non-hydrogen) atoms. The predicted octanol–water partition coefficient (Wildman–Crippen LogP) is 2.87. The van der Waals surface area contributed by atoms with Gasteiger partial charge in [-0.15, -0.1) is 0 Å². The van der Waals surface area contributed by atoms with Crippen molar-refractivity contribution in [3.8, 4) is 0 Å². The number of amides is 1. The predicted molar refractivity (Wildman–Crippen MR) is 91.0 cm³/mol. The number of benzene rings is 1. The Morgan fingerprint density at radius 1 is 1.29 bits per heavy atom. The number of fused-ring (bicyclic) bond motifs is 3. The molecule has 5 nitrogen and oxygen atoms in total. The molecule has 0 radical (unpaired) electrons. The van der Waals surface area contributed by atoms with Crippen LogP contribution in [0.15, 0.2) is 30.5 Å². The van der Waals surface area contributed by atoms with Gasteiger partial charge >= 0.3 is 5.97 Å². The van der Waals surface area contributed by atoms with Gasteiger partial charge in [-0.05, 0) is 37.8 Å². The van der Waals surface area contributed by atoms with Crippen LogP contribution in [0.3, 0.4) is 0 Å². The van der Waals surface area contributed by atoms with Gasteiger partial charge in [0, 0.05) is 29.6 Å². The molecule has 5 heteroatoms. The molecule has 0 atom stereocenters. The van der Waals surface area contributed by atoms with Crippen LogP contribution < -0.4 is 0 Å². The van der Waals surface area contributed by atoms with Crippen LogP contribution in [0.4, 0.5) is 0 Å². The van der Waals surface area contributed by atoms with E-state index >= 15 is 0 Å². The largest absolute Gasteiger partial charge is 0.462 e. The van der Waals surface area contributed by atoms with E-state index in [9.17, 15) is 9.59 Å². The average molecular weight is 324 g/mol. The van der Waals surface area contributed by atoms with Crippen LogP contribution in [0.25, 0.3) is 16.5 Å². The summed E-state index contributed by atoms with van der Waals surface area (Å²) in [7, 11) is 0. The minimum Gasteiger partial charge on any atom is -0.462 e. The zero-order valence-corrected chi connectivity index (χ0v) is 13.7. The van der Waals surface area contributed by atoms with Crippen LogP contribution >= 0.6 is 0 Å². The maximum Gasteiger partial charge on any atom is 0.341 e. The second-order valence-corrected chi connectivity index (χ2v) is 6.34. The van der Waals surface area contributed by atoms with E-state index in [4.69, 9.17) is 4.74 Å². The molecule has 0 spiro atoms. The van der Waals surface area contributed by atoms with Crippen molar-refractivity contribution in [1.82, 2.24) is 9.88 Å². The first-order valence-electron chi connectivity index (χ1n) is 8.48. The zero-order valence-electron chi connectivity index (χ0n) is 13.7. The van der Waals surface area contributed by atoms with Crippen LogP contribution in [-0.2, 0) is 20.7 Å². The molecule has 1 N–H and O–H groups in total. The highest BCUT2D eigenvalue weighted by atomic mass is 16.5. The maximum atomic E-state index is 12.5. The van der Waals surface area contributed by atoms with Crippen LogP contribution in [0.1, 0.15) is 31.0 Å². The lowest BCUT2D eigenvalue weighted by Crippen LogP contribution is -2.29. The van der Waals surface area contributed by atoms with Gasteiger partial charge < -0.3 is 14.6 Å². The molecular weight excluding hydrogens is 304 g/mol. The summed E-state index contributed by atoms with van der Waals surface area (Å²) < 4.78 is 5.23. The number of rotatable bonds is 3. The number of nitrogens with zero attached hydrogens (tertiary/aromatic N) is 1. The van der Waals surface area contributed by atoms with Gasteiger partial charge in [0.1, 0.15) is 0 Å². The Bertz CT molecular complexity index is 845. The van der Waals surface area contributed by atoms with Crippen molar-refractivity contribution >= 4 is 28.4 Å². The molecule has 124 valence electrons. The number of para-hydroxylation sites is 1. The minimum absolute atomic E-state index is 0.117. The lowest BCUT2D eigenvalue weighted by Gasteiger charge is -2.17. The highest BCUT2D eigenvalue weighted by Gasteiger charge is 2.35. The van der Waals surface area contributed by atoms with Gasteiger partial charge in [0.15, 0.2) is 0 Å². The van der Waals surface area contributed by atoms with Crippen molar-refractivity contribution in [2.24, 2.45) is 5.92 Å². The van der Waals surface area contributed by atoms with Crippen molar-refractivity contribution in [2.75, 3.05) is 13.2 Å². The number of aromatic amines is 1. The van der Waals surface area contributed by atoms with Crippen molar-refractivity contribution in [3.05, 3.63) is 41.7 Å². The number of aromatic nitrogens is 1. The second kappa shape index (κ2) is 5.82. The molecule has 0 saturated heterocycles. The van der Waals surface area contributed by atoms with Gasteiger partial charge in [0.2, 0.25) is 5.91 Å². The molecule has 1 amide bonds. The zero-order chi connectivity index (χ0) is 16.7. The molecular formula is C19H20N2O3. The van der Waals surface area contributed by atoms with Gasteiger partial charge in [-0.3, -0.25) is 4.79 Å². The van der Waals surface area contributed by atoms with Gasteiger partial charge in [0.25, 0.3) is 0 Å². The van der Waals surface area contributed by atoms with E-state index in [1.54, 1.807) is 18.0 Å². The lowest BCUT2D eigenvalue weighted by molar-refractivity contribution is -0.136. The quantitative estimate of drug-likeness (QED) is 0.883. The van der Waals surface area contributed by atoms with Crippen molar-refractivity contribution in [3.63, 3.8) is 0 Å². The topological polar surface area (TPSA) is 62.4 Å².